The van der Waals surface area contributed by atoms with Crippen molar-refractivity contribution in [2.75, 3.05) is 13.1 Å². The van der Waals surface area contributed by atoms with Crippen LogP contribution in [-0.2, 0) is 4.79 Å². The van der Waals surface area contributed by atoms with Crippen LogP contribution in [-0.4, -0.2) is 23.9 Å². The molecule has 1 saturated carbocycles. The van der Waals surface area contributed by atoms with Gasteiger partial charge in [0.25, 0.3) is 0 Å². The van der Waals surface area contributed by atoms with Gasteiger partial charge in [-0.2, -0.15) is 0 Å². The Kier molecular flexibility index (Phi) is 3.76. The van der Waals surface area contributed by atoms with Crippen molar-refractivity contribution in [1.29, 1.82) is 0 Å². The molecule has 0 N–H and O–H groups in total. The van der Waals surface area contributed by atoms with E-state index >= 15 is 0 Å². The number of amides is 1. The summed E-state index contributed by atoms with van der Waals surface area (Å²) >= 11 is 0. The van der Waals surface area contributed by atoms with Gasteiger partial charge >= 0.3 is 0 Å². The SMILES string of the molecule is CC(=O)N(CC(C)C)CC1CCC1. The molecule has 0 radical (unpaired) electrons. The number of rotatable bonds is 4. The minimum Gasteiger partial charge on any atom is -0.342 e. The van der Waals surface area contributed by atoms with E-state index in [2.05, 4.69) is 13.8 Å². The van der Waals surface area contributed by atoms with Crippen LogP contribution in [0.2, 0.25) is 0 Å². The van der Waals surface area contributed by atoms with Gasteiger partial charge in [0.1, 0.15) is 0 Å². The molecular weight excluding hydrogens is 162 g/mol. The highest BCUT2D eigenvalue weighted by Gasteiger charge is 2.22. The van der Waals surface area contributed by atoms with Crippen molar-refractivity contribution in [2.24, 2.45) is 11.8 Å². The Morgan fingerprint density at radius 3 is 2.38 bits per heavy atom. The van der Waals surface area contributed by atoms with Crippen LogP contribution < -0.4 is 0 Å². The maximum Gasteiger partial charge on any atom is 0.219 e. The third-order valence-corrected chi connectivity index (χ3v) is 2.73. The molecule has 1 amide bonds. The summed E-state index contributed by atoms with van der Waals surface area (Å²) < 4.78 is 0. The van der Waals surface area contributed by atoms with Crippen molar-refractivity contribution in [3.63, 3.8) is 0 Å². The van der Waals surface area contributed by atoms with E-state index in [1.54, 1.807) is 6.92 Å². The molecule has 13 heavy (non-hydrogen) atoms. The molecule has 2 heteroatoms. The van der Waals surface area contributed by atoms with Gasteiger partial charge in [-0.3, -0.25) is 4.79 Å². The van der Waals surface area contributed by atoms with E-state index in [4.69, 9.17) is 0 Å². The second-order valence-electron chi connectivity index (χ2n) is 4.61. The average Bonchev–Trinajstić information content (AvgIpc) is 1.92. The van der Waals surface area contributed by atoms with E-state index in [0.29, 0.717) is 5.92 Å². The summed E-state index contributed by atoms with van der Waals surface area (Å²) in [5.74, 6) is 1.62. The van der Waals surface area contributed by atoms with E-state index in [0.717, 1.165) is 19.0 Å². The first-order valence-corrected chi connectivity index (χ1v) is 5.35. The Hall–Kier alpha value is -0.530. The number of carbonyl (C=O) groups excluding carboxylic acids is 1. The minimum absolute atomic E-state index is 0.237. The highest BCUT2D eigenvalue weighted by atomic mass is 16.2. The van der Waals surface area contributed by atoms with Crippen molar-refractivity contribution < 1.29 is 4.79 Å². The van der Waals surface area contributed by atoms with Gasteiger partial charge in [0.15, 0.2) is 0 Å². The molecule has 2 nitrogen and oxygen atoms in total. The molecule has 1 aliphatic carbocycles. The van der Waals surface area contributed by atoms with Gasteiger partial charge in [0, 0.05) is 20.0 Å². The number of nitrogens with zero attached hydrogens (tertiary/aromatic N) is 1. The average molecular weight is 183 g/mol. The van der Waals surface area contributed by atoms with E-state index in [9.17, 15) is 4.79 Å². The molecule has 0 bridgehead atoms. The maximum atomic E-state index is 11.3. The molecule has 0 unspecified atom stereocenters. The fourth-order valence-electron chi connectivity index (χ4n) is 1.76. The molecule has 0 aromatic carbocycles. The fourth-order valence-corrected chi connectivity index (χ4v) is 1.76. The summed E-state index contributed by atoms with van der Waals surface area (Å²) in [5, 5.41) is 0. The highest BCUT2D eigenvalue weighted by Crippen LogP contribution is 2.27. The molecule has 0 heterocycles. The van der Waals surface area contributed by atoms with Crippen molar-refractivity contribution in [2.45, 2.75) is 40.0 Å². The standard InChI is InChI=1S/C11H21NO/c1-9(2)7-12(10(3)13)8-11-5-4-6-11/h9,11H,4-8H2,1-3H3. The Labute approximate surface area is 81.3 Å². The third-order valence-electron chi connectivity index (χ3n) is 2.73. The maximum absolute atomic E-state index is 11.3. The van der Waals surface area contributed by atoms with Gasteiger partial charge < -0.3 is 4.90 Å². The third kappa shape index (κ3) is 3.37. The smallest absolute Gasteiger partial charge is 0.219 e. The molecule has 1 aliphatic rings. The number of hydrogen-bond acceptors (Lipinski definition) is 1. The first-order chi connectivity index (χ1) is 6.09. The van der Waals surface area contributed by atoms with Crippen LogP contribution in [0.3, 0.4) is 0 Å². The van der Waals surface area contributed by atoms with E-state index in [1.165, 1.54) is 19.3 Å². The topological polar surface area (TPSA) is 20.3 Å². The molecule has 0 aliphatic heterocycles. The molecule has 0 aromatic rings. The van der Waals surface area contributed by atoms with Gasteiger partial charge in [-0.15, -0.1) is 0 Å². The van der Waals surface area contributed by atoms with Crippen LogP contribution in [0.15, 0.2) is 0 Å². The van der Waals surface area contributed by atoms with Crippen LogP contribution >= 0.6 is 0 Å². The Morgan fingerprint density at radius 1 is 1.46 bits per heavy atom. The lowest BCUT2D eigenvalue weighted by Gasteiger charge is -2.32. The van der Waals surface area contributed by atoms with Crippen molar-refractivity contribution in [1.82, 2.24) is 4.90 Å². The molecule has 0 atom stereocenters. The lowest BCUT2D eigenvalue weighted by molar-refractivity contribution is -0.130. The summed E-state index contributed by atoms with van der Waals surface area (Å²) in [7, 11) is 0. The molecule has 0 spiro atoms. The molecule has 1 rings (SSSR count). The largest absolute Gasteiger partial charge is 0.342 e. The van der Waals surface area contributed by atoms with Crippen molar-refractivity contribution in [3.8, 4) is 0 Å². The number of hydrogen-bond donors (Lipinski definition) is 0. The van der Waals surface area contributed by atoms with Crippen molar-refractivity contribution in [3.05, 3.63) is 0 Å². The van der Waals surface area contributed by atoms with Crippen LogP contribution in [0, 0.1) is 11.8 Å². The van der Waals surface area contributed by atoms with Gasteiger partial charge in [0.2, 0.25) is 5.91 Å². The summed E-state index contributed by atoms with van der Waals surface area (Å²) in [6.45, 7) is 7.92. The minimum atomic E-state index is 0.237. The zero-order valence-corrected chi connectivity index (χ0v) is 9.05. The zero-order chi connectivity index (χ0) is 9.84. The summed E-state index contributed by atoms with van der Waals surface area (Å²) in [4.78, 5) is 13.3. The van der Waals surface area contributed by atoms with E-state index < -0.39 is 0 Å². The van der Waals surface area contributed by atoms with Crippen LogP contribution in [0.4, 0.5) is 0 Å². The van der Waals surface area contributed by atoms with Gasteiger partial charge in [-0.1, -0.05) is 20.3 Å². The van der Waals surface area contributed by atoms with E-state index in [1.807, 2.05) is 4.90 Å². The van der Waals surface area contributed by atoms with Gasteiger partial charge in [-0.25, -0.2) is 0 Å². The predicted octanol–water partition coefficient (Wildman–Crippen LogP) is 2.29. The summed E-state index contributed by atoms with van der Waals surface area (Å²) in [6, 6.07) is 0. The van der Waals surface area contributed by atoms with Crippen LogP contribution in [0.1, 0.15) is 40.0 Å². The van der Waals surface area contributed by atoms with Gasteiger partial charge in [0.05, 0.1) is 0 Å². The number of carbonyl (C=O) groups is 1. The molecular formula is C11H21NO. The fraction of sp³-hybridized carbons (Fsp3) is 0.909. The van der Waals surface area contributed by atoms with Crippen LogP contribution in [0.25, 0.3) is 0 Å². The zero-order valence-electron chi connectivity index (χ0n) is 9.05. The summed E-state index contributed by atoms with van der Waals surface area (Å²) in [5.41, 5.74) is 0. The highest BCUT2D eigenvalue weighted by molar-refractivity contribution is 5.73. The Morgan fingerprint density at radius 2 is 2.08 bits per heavy atom. The summed E-state index contributed by atoms with van der Waals surface area (Å²) in [6.07, 6.45) is 4.00. The molecule has 0 aromatic heterocycles. The van der Waals surface area contributed by atoms with Gasteiger partial charge in [-0.05, 0) is 24.7 Å². The second-order valence-corrected chi connectivity index (χ2v) is 4.61. The monoisotopic (exact) mass is 183 g/mol. The first-order valence-electron chi connectivity index (χ1n) is 5.35. The van der Waals surface area contributed by atoms with Crippen LogP contribution in [0.5, 0.6) is 0 Å². The molecule has 1 fully saturated rings. The quantitative estimate of drug-likeness (QED) is 0.655. The Balaban J connectivity index is 2.32. The molecule has 0 saturated heterocycles. The normalized spacial score (nSPS) is 17.2. The molecule has 76 valence electrons. The second kappa shape index (κ2) is 4.64. The lowest BCUT2D eigenvalue weighted by atomic mass is 9.85. The first kappa shape index (κ1) is 10.6. The Bertz CT molecular complexity index is 173. The lowest BCUT2D eigenvalue weighted by Crippen LogP contribution is -2.38. The predicted molar refractivity (Wildman–Crippen MR) is 54.4 cm³/mol. The van der Waals surface area contributed by atoms with Crippen molar-refractivity contribution >= 4 is 5.91 Å². The van der Waals surface area contributed by atoms with E-state index in [-0.39, 0.29) is 5.91 Å².